The third kappa shape index (κ3) is 5.53. The van der Waals surface area contributed by atoms with Crippen LogP contribution in [-0.4, -0.2) is 82.7 Å². The molecule has 11 nitrogen and oxygen atoms in total. The van der Waals surface area contributed by atoms with E-state index in [9.17, 15) is 27.9 Å². The number of nitrogens with one attached hydrogen (secondary N) is 1. The van der Waals surface area contributed by atoms with Gasteiger partial charge in [-0.3, -0.25) is 28.2 Å². The number of Topliss-reactive ketones (excluding diaryl/α,β-unsaturated/α-hetero) is 1. The summed E-state index contributed by atoms with van der Waals surface area (Å²) in [7, 11) is -2.58. The number of benzene rings is 1. The molecule has 2 saturated heterocycles. The quantitative estimate of drug-likeness (QED) is 0.272. The van der Waals surface area contributed by atoms with Gasteiger partial charge < -0.3 is 15.0 Å². The van der Waals surface area contributed by atoms with E-state index in [0.717, 1.165) is 0 Å². The number of carbonyl (C=O) groups excluding carboxylic acids is 3. The van der Waals surface area contributed by atoms with Crippen molar-refractivity contribution in [1.82, 2.24) is 19.7 Å². The smallest absolute Gasteiger partial charge is 0.248 e. The van der Waals surface area contributed by atoms with Gasteiger partial charge in [-0.05, 0) is 40.2 Å². The van der Waals surface area contributed by atoms with E-state index in [4.69, 9.17) is 4.74 Å². The number of nitrogens with zero attached hydrogens (tertiary/aromatic N) is 4. The van der Waals surface area contributed by atoms with E-state index in [1.165, 1.54) is 16.5 Å². The molecule has 4 heterocycles. The highest BCUT2D eigenvalue weighted by Gasteiger charge is 2.40. The van der Waals surface area contributed by atoms with E-state index >= 15 is 0 Å². The van der Waals surface area contributed by atoms with Gasteiger partial charge in [-0.25, -0.2) is 9.37 Å². The van der Waals surface area contributed by atoms with Crippen molar-refractivity contribution >= 4 is 60.8 Å². The molecule has 14 heteroatoms. The summed E-state index contributed by atoms with van der Waals surface area (Å²) in [6.07, 6.45) is -1.88. The molecule has 202 valence electrons. The number of ether oxygens (including phenoxy) is 1. The Balaban J connectivity index is 1.37. The van der Waals surface area contributed by atoms with Crippen LogP contribution in [0.1, 0.15) is 23.8 Å². The van der Waals surface area contributed by atoms with E-state index in [-0.39, 0.29) is 54.4 Å². The van der Waals surface area contributed by atoms with Gasteiger partial charge in [-0.15, -0.1) is 0 Å². The molecule has 1 aromatic carbocycles. The number of pyridine rings is 1. The fraction of sp³-hybridized carbons (Fsp3) is 0.375. The Morgan fingerprint density at radius 2 is 2.00 bits per heavy atom. The van der Waals surface area contributed by atoms with E-state index in [1.54, 1.807) is 36.4 Å². The number of likely N-dealkylation sites (tertiary alicyclic amines) is 1. The SMILES string of the molecule is CC(=O)c1nn(CC(=O)N2C[C@H](F)C[C@H]2C(=O)Nc2cccc(Br)n2)c2cc(OC3CS(O)(O)C3)ccc12. The maximum Gasteiger partial charge on any atom is 0.248 e. The minimum atomic E-state index is -2.58. The molecule has 0 saturated carbocycles. The third-order valence-electron chi connectivity index (χ3n) is 6.39. The van der Waals surface area contributed by atoms with Crippen molar-refractivity contribution in [1.29, 1.82) is 0 Å². The fourth-order valence-corrected chi connectivity index (χ4v) is 6.20. The van der Waals surface area contributed by atoms with Crippen molar-refractivity contribution in [3.05, 3.63) is 46.7 Å². The molecule has 3 N–H and O–H groups in total. The number of hydrogen-bond acceptors (Lipinski definition) is 8. The van der Waals surface area contributed by atoms with E-state index < -0.39 is 34.6 Å². The maximum absolute atomic E-state index is 14.4. The number of aromatic nitrogens is 3. The zero-order chi connectivity index (χ0) is 27.2. The molecule has 3 aromatic rings. The fourth-order valence-electron chi connectivity index (χ4n) is 4.63. The molecule has 5 rings (SSSR count). The first-order valence-corrected chi connectivity index (χ1v) is 14.5. The van der Waals surface area contributed by atoms with Gasteiger partial charge in [0.05, 0.1) is 23.6 Å². The summed E-state index contributed by atoms with van der Waals surface area (Å²) in [5, 5.41) is 7.46. The number of halogens is 2. The molecule has 2 aromatic heterocycles. The normalized spacial score (nSPS) is 21.7. The third-order valence-corrected chi connectivity index (χ3v) is 8.64. The second-order valence-corrected chi connectivity index (χ2v) is 12.4. The topological polar surface area (TPSA) is 147 Å². The molecule has 0 radical (unpaired) electrons. The van der Waals surface area contributed by atoms with Gasteiger partial charge in [0.15, 0.2) is 5.78 Å². The number of anilines is 1. The molecule has 0 unspecified atom stereocenters. The molecule has 2 amide bonds. The number of fused-ring (bicyclic) bond motifs is 1. The number of carbonyl (C=O) groups is 3. The first-order valence-electron chi connectivity index (χ1n) is 11.8. The Bertz CT molecular complexity index is 1430. The van der Waals surface area contributed by atoms with Gasteiger partial charge in [0.2, 0.25) is 11.8 Å². The second-order valence-electron chi connectivity index (χ2n) is 9.35. The van der Waals surface area contributed by atoms with Gasteiger partial charge in [0.25, 0.3) is 0 Å². The van der Waals surface area contributed by atoms with Crippen LogP contribution in [0.25, 0.3) is 10.9 Å². The Morgan fingerprint density at radius 3 is 2.68 bits per heavy atom. The van der Waals surface area contributed by atoms with Crippen LogP contribution in [0.15, 0.2) is 41.0 Å². The summed E-state index contributed by atoms with van der Waals surface area (Å²) in [5.74, 6) is -0.424. The maximum atomic E-state index is 14.4. The van der Waals surface area contributed by atoms with Crippen LogP contribution in [-0.2, 0) is 16.1 Å². The highest BCUT2D eigenvalue weighted by Crippen LogP contribution is 2.49. The lowest BCUT2D eigenvalue weighted by molar-refractivity contribution is -0.137. The van der Waals surface area contributed by atoms with Crippen molar-refractivity contribution in [3.63, 3.8) is 0 Å². The molecule has 2 fully saturated rings. The molecular formula is C24H25BrFN5O6S. The highest BCUT2D eigenvalue weighted by atomic mass is 79.9. The Labute approximate surface area is 226 Å². The lowest BCUT2D eigenvalue weighted by Gasteiger charge is -2.46. The van der Waals surface area contributed by atoms with Gasteiger partial charge in [0.1, 0.15) is 46.7 Å². The number of alkyl halides is 1. The first kappa shape index (κ1) is 26.5. The summed E-state index contributed by atoms with van der Waals surface area (Å²) in [6.45, 7) is 0.787. The number of amides is 2. The number of ketones is 1. The molecule has 38 heavy (non-hydrogen) atoms. The molecule has 2 aliphatic rings. The minimum absolute atomic E-state index is 0.139. The van der Waals surface area contributed by atoms with Crippen molar-refractivity contribution in [2.45, 2.75) is 38.2 Å². The predicted molar refractivity (Wildman–Crippen MR) is 142 cm³/mol. The standard InChI is InChI=1S/C24H25BrFN5O6S/c1-13(32)23-17-6-5-15(37-16-11-38(35,36)12-16)8-18(17)31(29-23)10-22(33)30-9-14(26)7-19(30)24(34)28-21-4-2-3-20(25)27-21/h2-6,8,14,16,19,35-36H,7,9-12H2,1H3,(H,27,28,34)/t14-,19+/m1/s1. The van der Waals surface area contributed by atoms with Gasteiger partial charge in [-0.1, -0.05) is 6.07 Å². The van der Waals surface area contributed by atoms with Crippen molar-refractivity contribution in [2.24, 2.45) is 0 Å². The minimum Gasteiger partial charge on any atom is -0.487 e. The van der Waals surface area contributed by atoms with Crippen molar-refractivity contribution in [3.8, 4) is 5.75 Å². The Hall–Kier alpha value is -3.07. The van der Waals surface area contributed by atoms with E-state index in [2.05, 4.69) is 31.3 Å². The summed E-state index contributed by atoms with van der Waals surface area (Å²) in [5.41, 5.74) is 0.610. The molecule has 0 spiro atoms. The summed E-state index contributed by atoms with van der Waals surface area (Å²) >= 11 is 3.23. The van der Waals surface area contributed by atoms with Gasteiger partial charge in [-0.2, -0.15) is 15.7 Å². The lowest BCUT2D eigenvalue weighted by atomic mass is 10.1. The van der Waals surface area contributed by atoms with Gasteiger partial charge in [0, 0.05) is 24.8 Å². The van der Waals surface area contributed by atoms with Crippen molar-refractivity contribution in [2.75, 3.05) is 23.4 Å². The zero-order valence-corrected chi connectivity index (χ0v) is 22.6. The lowest BCUT2D eigenvalue weighted by Crippen LogP contribution is -2.44. The Morgan fingerprint density at radius 1 is 1.24 bits per heavy atom. The molecular weight excluding hydrogens is 585 g/mol. The predicted octanol–water partition coefficient (Wildman–Crippen LogP) is 3.49. The number of rotatable bonds is 7. The Kier molecular flexibility index (Phi) is 7.15. The first-order chi connectivity index (χ1) is 18.0. The van der Waals surface area contributed by atoms with Crippen LogP contribution >= 0.6 is 26.5 Å². The summed E-state index contributed by atoms with van der Waals surface area (Å²) < 4.78 is 41.3. The van der Waals surface area contributed by atoms with Crippen LogP contribution < -0.4 is 10.1 Å². The largest absolute Gasteiger partial charge is 0.487 e. The molecule has 2 atom stereocenters. The molecule has 2 aliphatic heterocycles. The van der Waals surface area contributed by atoms with E-state index in [0.29, 0.717) is 21.3 Å². The van der Waals surface area contributed by atoms with Crippen LogP contribution in [0, 0.1) is 0 Å². The average molecular weight is 610 g/mol. The van der Waals surface area contributed by atoms with Crippen LogP contribution in [0.3, 0.4) is 0 Å². The van der Waals surface area contributed by atoms with Crippen LogP contribution in [0.4, 0.5) is 10.2 Å². The summed E-state index contributed by atoms with van der Waals surface area (Å²) in [4.78, 5) is 43.8. The highest BCUT2D eigenvalue weighted by molar-refractivity contribution is 9.10. The van der Waals surface area contributed by atoms with E-state index in [1.807, 2.05) is 0 Å². The van der Waals surface area contributed by atoms with Gasteiger partial charge >= 0.3 is 0 Å². The second kappa shape index (κ2) is 10.2. The zero-order valence-electron chi connectivity index (χ0n) is 20.2. The molecule has 0 bridgehead atoms. The summed E-state index contributed by atoms with van der Waals surface area (Å²) in [6, 6.07) is 8.85. The van der Waals surface area contributed by atoms with Crippen LogP contribution in [0.2, 0.25) is 0 Å². The monoisotopic (exact) mass is 609 g/mol. The average Bonchev–Trinajstić information content (AvgIpc) is 3.39. The van der Waals surface area contributed by atoms with Crippen molar-refractivity contribution < 1.29 is 32.6 Å². The van der Waals surface area contributed by atoms with Crippen LogP contribution in [0.5, 0.6) is 5.75 Å². The number of hydrogen-bond donors (Lipinski definition) is 3. The molecule has 0 aliphatic carbocycles.